The van der Waals surface area contributed by atoms with Gasteiger partial charge in [0.1, 0.15) is 0 Å². The fraction of sp³-hybridized carbons (Fsp3) is 0.708. The normalized spacial score (nSPS) is 50.7. The zero-order valence-corrected chi connectivity index (χ0v) is 18.7. The maximum Gasteiger partial charge on any atom is 0.375 e. The summed E-state index contributed by atoms with van der Waals surface area (Å²) in [4.78, 5) is 37.0. The van der Waals surface area contributed by atoms with Crippen LogP contribution >= 0.6 is 0 Å². The van der Waals surface area contributed by atoms with Crippen molar-refractivity contribution in [2.45, 2.75) is 82.6 Å². The number of carboxylic acids is 1. The summed E-state index contributed by atoms with van der Waals surface area (Å²) in [6.07, 6.45) is 3.02. The number of aliphatic hydroxyl groups excluding tert-OH is 1. The highest BCUT2D eigenvalue weighted by atomic mass is 19.1. The van der Waals surface area contributed by atoms with Crippen LogP contribution in [-0.4, -0.2) is 57.0 Å². The third-order valence-corrected chi connectivity index (χ3v) is 9.17. The SMILES string of the molecule is CC1(C)OC2CC3C4CCC5=CC(=O)C=C[C@]5(C)[C@@]4(F)C(O)C[C@]3(C)[C@]2(C(=O)C(=O)O)O1. The standard InChI is InChI=1S/C24H29FO7/c1-20(2)31-17-10-15-14-6-5-12-9-13(26)7-8-21(12,3)23(14,25)16(27)11-22(15,4)24(17,32-20)18(28)19(29)30/h7-9,14-17,27H,5-6,10-11H2,1-4H3,(H,29,30)/t14?,15?,16?,17?,21-,22-,23-,24-/m0/s1. The average Bonchev–Trinajstić information content (AvgIpc) is 3.09. The van der Waals surface area contributed by atoms with Gasteiger partial charge in [0, 0.05) is 16.7 Å². The number of hydrogen-bond donors (Lipinski definition) is 2. The number of Topliss-reactive ketones (excluding diaryl/α,β-unsaturated/α-hetero) is 1. The lowest BCUT2D eigenvalue weighted by Crippen LogP contribution is -2.70. The van der Waals surface area contributed by atoms with Crippen molar-refractivity contribution >= 4 is 17.5 Å². The average molecular weight is 448 g/mol. The van der Waals surface area contributed by atoms with Crippen LogP contribution in [0.2, 0.25) is 0 Å². The Morgan fingerprint density at radius 1 is 1.19 bits per heavy atom. The minimum Gasteiger partial charge on any atom is -0.475 e. The molecule has 4 aliphatic carbocycles. The molecule has 5 aliphatic rings. The topological polar surface area (TPSA) is 110 Å². The van der Waals surface area contributed by atoms with Crippen molar-refractivity contribution in [1.82, 2.24) is 0 Å². The van der Waals surface area contributed by atoms with Crippen LogP contribution in [0.3, 0.4) is 0 Å². The van der Waals surface area contributed by atoms with Crippen LogP contribution in [0, 0.1) is 22.7 Å². The Labute approximate surface area is 185 Å². The van der Waals surface area contributed by atoms with E-state index in [9.17, 15) is 24.6 Å². The lowest BCUT2D eigenvalue weighted by molar-refractivity contribution is -0.245. The van der Waals surface area contributed by atoms with Gasteiger partial charge in [0.2, 0.25) is 0 Å². The summed E-state index contributed by atoms with van der Waals surface area (Å²) in [6.45, 7) is 6.70. The van der Waals surface area contributed by atoms with Crippen LogP contribution in [0.5, 0.6) is 0 Å². The first kappa shape index (κ1) is 21.9. The Balaban J connectivity index is 1.65. The summed E-state index contributed by atoms with van der Waals surface area (Å²) in [5, 5.41) is 21.0. The Morgan fingerprint density at radius 2 is 1.88 bits per heavy atom. The smallest absolute Gasteiger partial charge is 0.375 e. The van der Waals surface area contributed by atoms with Crippen molar-refractivity contribution in [3.05, 3.63) is 23.8 Å². The van der Waals surface area contributed by atoms with Crippen molar-refractivity contribution in [3.8, 4) is 0 Å². The maximum absolute atomic E-state index is 17.1. The first-order valence-electron chi connectivity index (χ1n) is 11.2. The highest BCUT2D eigenvalue weighted by Crippen LogP contribution is 2.72. The molecule has 0 aromatic heterocycles. The summed E-state index contributed by atoms with van der Waals surface area (Å²) in [5.74, 6) is -5.21. The number of rotatable bonds is 2. The molecule has 8 heteroatoms. The lowest BCUT2D eigenvalue weighted by Gasteiger charge is -2.62. The van der Waals surface area contributed by atoms with Crippen LogP contribution in [-0.2, 0) is 23.9 Å². The second-order valence-corrected chi connectivity index (χ2v) is 11.0. The number of ketones is 2. The van der Waals surface area contributed by atoms with Crippen molar-refractivity contribution in [3.63, 3.8) is 0 Å². The van der Waals surface area contributed by atoms with E-state index in [0.29, 0.717) is 18.4 Å². The number of carboxylic acid groups (broad SMARTS) is 1. The molecule has 0 spiro atoms. The number of fused-ring (bicyclic) bond motifs is 7. The van der Waals surface area contributed by atoms with Crippen LogP contribution in [0.15, 0.2) is 23.8 Å². The van der Waals surface area contributed by atoms with E-state index in [1.807, 2.05) is 0 Å². The van der Waals surface area contributed by atoms with Crippen molar-refractivity contribution in [2.24, 2.45) is 22.7 Å². The highest BCUT2D eigenvalue weighted by Gasteiger charge is 2.80. The first-order valence-corrected chi connectivity index (χ1v) is 11.2. The van der Waals surface area contributed by atoms with Gasteiger partial charge >= 0.3 is 5.97 Å². The van der Waals surface area contributed by atoms with Gasteiger partial charge in [-0.2, -0.15) is 0 Å². The number of aliphatic carboxylic acids is 1. The van der Waals surface area contributed by atoms with Gasteiger partial charge in [-0.15, -0.1) is 0 Å². The fourth-order valence-electron chi connectivity index (χ4n) is 7.86. The number of ether oxygens (including phenoxy) is 2. The molecule has 1 saturated heterocycles. The Kier molecular flexibility index (Phi) is 4.22. The largest absolute Gasteiger partial charge is 0.475 e. The summed E-state index contributed by atoms with van der Waals surface area (Å²) in [5.41, 5.74) is -5.50. The van der Waals surface area contributed by atoms with Crippen molar-refractivity contribution in [2.75, 3.05) is 0 Å². The van der Waals surface area contributed by atoms with Gasteiger partial charge in [-0.1, -0.05) is 18.6 Å². The molecule has 4 unspecified atom stereocenters. The summed E-state index contributed by atoms with van der Waals surface area (Å²) < 4.78 is 29.3. The Morgan fingerprint density at radius 3 is 2.53 bits per heavy atom. The molecule has 1 aliphatic heterocycles. The molecular weight excluding hydrogens is 419 g/mol. The molecular formula is C24H29FO7. The van der Waals surface area contributed by atoms with Crippen molar-refractivity contribution in [1.29, 1.82) is 0 Å². The van der Waals surface area contributed by atoms with Crippen LogP contribution in [0.1, 0.15) is 53.4 Å². The predicted molar refractivity (Wildman–Crippen MR) is 109 cm³/mol. The minimum atomic E-state index is -2.07. The van der Waals surface area contributed by atoms with Gasteiger partial charge in [0.05, 0.1) is 12.2 Å². The molecule has 0 bridgehead atoms. The van der Waals surface area contributed by atoms with E-state index in [1.165, 1.54) is 12.2 Å². The molecule has 0 aromatic carbocycles. The van der Waals surface area contributed by atoms with Gasteiger partial charge in [0.25, 0.3) is 5.78 Å². The molecule has 0 amide bonds. The highest BCUT2D eigenvalue weighted by molar-refractivity contribution is 6.36. The maximum atomic E-state index is 17.1. The molecule has 3 saturated carbocycles. The van der Waals surface area contributed by atoms with E-state index in [1.54, 1.807) is 33.8 Å². The van der Waals surface area contributed by atoms with E-state index in [4.69, 9.17) is 9.47 Å². The minimum absolute atomic E-state index is 0.149. The molecule has 8 atom stereocenters. The number of carbonyl (C=O) groups excluding carboxylic acids is 2. The second kappa shape index (κ2) is 6.15. The molecule has 0 aromatic rings. The van der Waals surface area contributed by atoms with Crippen LogP contribution in [0.25, 0.3) is 0 Å². The van der Waals surface area contributed by atoms with Gasteiger partial charge in [-0.3, -0.25) is 9.59 Å². The van der Waals surface area contributed by atoms with Gasteiger partial charge in [-0.25, -0.2) is 9.18 Å². The van der Waals surface area contributed by atoms with E-state index in [-0.39, 0.29) is 18.6 Å². The zero-order valence-electron chi connectivity index (χ0n) is 18.7. The number of alkyl halides is 1. The van der Waals surface area contributed by atoms with E-state index < -0.39 is 63.7 Å². The lowest BCUT2D eigenvalue weighted by atomic mass is 9.44. The van der Waals surface area contributed by atoms with Gasteiger partial charge < -0.3 is 19.7 Å². The number of carbonyl (C=O) groups is 3. The molecule has 32 heavy (non-hydrogen) atoms. The third kappa shape index (κ3) is 2.28. The molecule has 4 fully saturated rings. The Hall–Kier alpha value is -1.90. The number of allylic oxidation sites excluding steroid dienone is 4. The van der Waals surface area contributed by atoms with Crippen molar-refractivity contribution < 1.29 is 38.5 Å². The molecule has 0 radical (unpaired) electrons. The van der Waals surface area contributed by atoms with Crippen LogP contribution < -0.4 is 0 Å². The second-order valence-electron chi connectivity index (χ2n) is 11.0. The molecule has 5 rings (SSSR count). The summed E-state index contributed by atoms with van der Waals surface area (Å²) in [7, 11) is 0. The van der Waals surface area contributed by atoms with Gasteiger partial charge in [-0.05, 0) is 64.5 Å². The monoisotopic (exact) mass is 448 g/mol. The third-order valence-electron chi connectivity index (χ3n) is 9.17. The molecule has 1 heterocycles. The summed E-state index contributed by atoms with van der Waals surface area (Å²) in [6, 6.07) is 0. The van der Waals surface area contributed by atoms with E-state index in [0.717, 1.165) is 0 Å². The number of halogens is 1. The fourth-order valence-corrected chi connectivity index (χ4v) is 7.86. The van der Waals surface area contributed by atoms with E-state index in [2.05, 4.69) is 0 Å². The van der Waals surface area contributed by atoms with E-state index >= 15 is 4.39 Å². The Bertz CT molecular complexity index is 1000. The number of aliphatic hydroxyl groups is 1. The molecule has 7 nitrogen and oxygen atoms in total. The quantitative estimate of drug-likeness (QED) is 0.625. The predicted octanol–water partition coefficient (Wildman–Crippen LogP) is 2.51. The molecule has 174 valence electrons. The number of hydrogen-bond acceptors (Lipinski definition) is 6. The van der Waals surface area contributed by atoms with Crippen LogP contribution in [0.4, 0.5) is 4.39 Å². The van der Waals surface area contributed by atoms with Gasteiger partial charge in [0.15, 0.2) is 22.8 Å². The molecule has 2 N–H and O–H groups in total. The first-order chi connectivity index (χ1) is 14.7. The summed E-state index contributed by atoms with van der Waals surface area (Å²) >= 11 is 0. The zero-order chi connectivity index (χ0) is 23.5.